The maximum Gasteiger partial charge on any atom is 0.203 e. The largest absolute Gasteiger partial charge is 0.493 e. The van der Waals surface area contributed by atoms with Crippen LogP contribution in [0.4, 0.5) is 0 Å². The van der Waals surface area contributed by atoms with Gasteiger partial charge in [0.05, 0.1) is 20.4 Å². The molecule has 30 heavy (non-hydrogen) atoms. The van der Waals surface area contributed by atoms with E-state index in [1.54, 1.807) is 14.2 Å². The molecule has 0 aromatic heterocycles. The Morgan fingerprint density at radius 2 is 1.73 bits per heavy atom. The lowest BCUT2D eigenvalue weighted by atomic mass is 9.97. The lowest BCUT2D eigenvalue weighted by molar-refractivity contribution is 0.274. The Morgan fingerprint density at radius 1 is 1.07 bits per heavy atom. The minimum atomic E-state index is -0.137. The molecule has 5 nitrogen and oxygen atoms in total. The molecule has 2 rings (SSSR count). The molecule has 2 N–H and O–H groups in total. The number of methoxy groups -OCH3 is 2. The summed E-state index contributed by atoms with van der Waals surface area (Å²) in [6.07, 6.45) is 2.65. The number of rotatable bonds is 10. The molecular weight excluding hydrogens is 376 g/mol. The molecule has 0 heterocycles. The van der Waals surface area contributed by atoms with E-state index in [2.05, 4.69) is 20.4 Å². The Hall–Kier alpha value is -2.76. The number of ether oxygens (including phenoxy) is 3. The average Bonchev–Trinajstić information content (AvgIpc) is 2.77. The van der Waals surface area contributed by atoms with E-state index in [-0.39, 0.29) is 6.17 Å². The van der Waals surface area contributed by atoms with Crippen LogP contribution in [-0.2, 0) is 6.61 Å². The second kappa shape index (κ2) is 10.9. The average molecular weight is 411 g/mol. The molecule has 2 aromatic carbocycles. The first kappa shape index (κ1) is 23.5. The van der Waals surface area contributed by atoms with Gasteiger partial charge in [0.2, 0.25) is 5.75 Å². The lowest BCUT2D eigenvalue weighted by Crippen LogP contribution is -2.27. The molecule has 0 aliphatic rings. The first-order valence-corrected chi connectivity index (χ1v) is 10.1. The molecule has 0 saturated heterocycles. The highest BCUT2D eigenvalue weighted by atomic mass is 16.5. The first-order valence-electron chi connectivity index (χ1n) is 10.1. The molecule has 0 spiro atoms. The second-order valence-corrected chi connectivity index (χ2v) is 7.37. The standard InChI is InChI=1S/C25H34N2O3/c1-8-17(3)20(9-2)21-14-15-22(28-6)24(29-7)23(21)30-16-18-10-12-19(13-11-18)25(26)27(4)5/h9-15,25H,2,8,16,26H2,1,3-7H3. The number of nitrogens with two attached hydrogens (primary N) is 1. The molecule has 0 amide bonds. The molecule has 2 aromatic rings. The summed E-state index contributed by atoms with van der Waals surface area (Å²) >= 11 is 0. The van der Waals surface area contributed by atoms with Gasteiger partial charge in [-0.05, 0) is 56.3 Å². The summed E-state index contributed by atoms with van der Waals surface area (Å²) < 4.78 is 17.4. The van der Waals surface area contributed by atoms with Crippen LogP contribution in [0.25, 0.3) is 5.57 Å². The van der Waals surface area contributed by atoms with Crippen molar-refractivity contribution in [3.05, 3.63) is 71.3 Å². The van der Waals surface area contributed by atoms with Crippen molar-refractivity contribution >= 4 is 5.57 Å². The molecule has 0 saturated carbocycles. The van der Waals surface area contributed by atoms with E-state index in [1.165, 1.54) is 5.57 Å². The summed E-state index contributed by atoms with van der Waals surface area (Å²) in [6, 6.07) is 12.0. The molecule has 0 radical (unpaired) electrons. The number of hydrogen-bond donors (Lipinski definition) is 1. The van der Waals surface area contributed by atoms with Crippen molar-refractivity contribution in [3.8, 4) is 17.2 Å². The number of benzene rings is 2. The van der Waals surface area contributed by atoms with E-state index in [4.69, 9.17) is 19.9 Å². The van der Waals surface area contributed by atoms with Crippen molar-refractivity contribution in [1.82, 2.24) is 4.90 Å². The summed E-state index contributed by atoms with van der Waals surface area (Å²) in [5.74, 6) is 1.85. The minimum Gasteiger partial charge on any atom is -0.493 e. The number of allylic oxidation sites excluding steroid dienone is 3. The van der Waals surface area contributed by atoms with Crippen LogP contribution in [0.1, 0.15) is 43.1 Å². The van der Waals surface area contributed by atoms with Crippen LogP contribution < -0.4 is 19.9 Å². The topological polar surface area (TPSA) is 57.0 Å². The smallest absolute Gasteiger partial charge is 0.203 e. The van der Waals surface area contributed by atoms with Gasteiger partial charge < -0.3 is 19.9 Å². The zero-order valence-electron chi connectivity index (χ0n) is 19.0. The van der Waals surface area contributed by atoms with Crippen LogP contribution in [-0.4, -0.2) is 33.2 Å². The zero-order chi connectivity index (χ0) is 22.3. The second-order valence-electron chi connectivity index (χ2n) is 7.37. The van der Waals surface area contributed by atoms with E-state index in [1.807, 2.05) is 61.5 Å². The van der Waals surface area contributed by atoms with Crippen molar-refractivity contribution in [2.75, 3.05) is 28.3 Å². The fraction of sp³-hybridized carbons (Fsp3) is 0.360. The minimum absolute atomic E-state index is 0.137. The third-order valence-electron chi connectivity index (χ3n) is 5.25. The van der Waals surface area contributed by atoms with Gasteiger partial charge in [0.15, 0.2) is 11.5 Å². The molecule has 1 unspecified atom stereocenters. The first-order chi connectivity index (χ1) is 14.4. The van der Waals surface area contributed by atoms with Crippen LogP contribution in [0.5, 0.6) is 17.2 Å². The van der Waals surface area contributed by atoms with Crippen LogP contribution in [0.2, 0.25) is 0 Å². The summed E-state index contributed by atoms with van der Waals surface area (Å²) in [5.41, 5.74) is 11.5. The molecule has 1 atom stereocenters. The number of nitrogens with zero attached hydrogens (tertiary/aromatic N) is 1. The van der Waals surface area contributed by atoms with Gasteiger partial charge in [-0.3, -0.25) is 4.90 Å². The van der Waals surface area contributed by atoms with Crippen molar-refractivity contribution < 1.29 is 14.2 Å². The normalized spacial score (nSPS) is 12.9. The van der Waals surface area contributed by atoms with Gasteiger partial charge in [0, 0.05) is 5.56 Å². The van der Waals surface area contributed by atoms with Crippen molar-refractivity contribution in [3.63, 3.8) is 0 Å². The van der Waals surface area contributed by atoms with Gasteiger partial charge in [-0.15, -0.1) is 0 Å². The molecule has 0 bridgehead atoms. The Morgan fingerprint density at radius 3 is 2.23 bits per heavy atom. The highest BCUT2D eigenvalue weighted by Crippen LogP contribution is 2.44. The summed E-state index contributed by atoms with van der Waals surface area (Å²) in [5, 5.41) is 0. The van der Waals surface area contributed by atoms with Gasteiger partial charge in [0.1, 0.15) is 6.61 Å². The summed E-state index contributed by atoms with van der Waals surface area (Å²) in [6.45, 7) is 8.62. The van der Waals surface area contributed by atoms with Crippen LogP contribution in [0, 0.1) is 0 Å². The van der Waals surface area contributed by atoms with Gasteiger partial charge in [-0.1, -0.05) is 49.4 Å². The van der Waals surface area contributed by atoms with Crippen LogP contribution in [0.15, 0.2) is 54.6 Å². The highest BCUT2D eigenvalue weighted by Gasteiger charge is 2.19. The zero-order valence-corrected chi connectivity index (χ0v) is 19.0. The predicted octanol–water partition coefficient (Wildman–Crippen LogP) is 5.17. The van der Waals surface area contributed by atoms with Crippen molar-refractivity contribution in [2.24, 2.45) is 5.73 Å². The van der Waals surface area contributed by atoms with E-state index in [9.17, 15) is 0 Å². The fourth-order valence-electron chi connectivity index (χ4n) is 3.22. The number of hydrogen-bond acceptors (Lipinski definition) is 5. The third kappa shape index (κ3) is 5.23. The molecule has 0 fully saturated rings. The summed E-state index contributed by atoms with van der Waals surface area (Å²) in [4.78, 5) is 1.97. The monoisotopic (exact) mass is 410 g/mol. The fourth-order valence-corrected chi connectivity index (χ4v) is 3.22. The highest BCUT2D eigenvalue weighted by molar-refractivity contribution is 5.82. The Labute approximate surface area is 180 Å². The maximum atomic E-state index is 6.28. The SMILES string of the molecule is C=CC(=C(C)CC)c1ccc(OC)c(OC)c1OCc1ccc(C(N)N(C)C)cc1. The summed E-state index contributed by atoms with van der Waals surface area (Å²) in [7, 11) is 7.16. The molecule has 5 heteroatoms. The van der Waals surface area contributed by atoms with Crippen LogP contribution >= 0.6 is 0 Å². The van der Waals surface area contributed by atoms with E-state index >= 15 is 0 Å². The quantitative estimate of drug-likeness (QED) is 0.432. The maximum absolute atomic E-state index is 6.28. The Bertz CT molecular complexity index is 886. The third-order valence-corrected chi connectivity index (χ3v) is 5.25. The van der Waals surface area contributed by atoms with Crippen molar-refractivity contribution in [1.29, 1.82) is 0 Å². The lowest BCUT2D eigenvalue weighted by Gasteiger charge is -2.21. The Kier molecular flexibility index (Phi) is 8.51. The molecular formula is C25H34N2O3. The van der Waals surface area contributed by atoms with Crippen molar-refractivity contribution in [2.45, 2.75) is 33.0 Å². The predicted molar refractivity (Wildman–Crippen MR) is 124 cm³/mol. The van der Waals surface area contributed by atoms with E-state index in [0.717, 1.165) is 28.7 Å². The molecule has 0 aliphatic carbocycles. The Balaban J connectivity index is 2.41. The van der Waals surface area contributed by atoms with Gasteiger partial charge in [-0.25, -0.2) is 0 Å². The van der Waals surface area contributed by atoms with E-state index in [0.29, 0.717) is 23.9 Å². The molecule has 0 aliphatic heterocycles. The van der Waals surface area contributed by atoms with Crippen LogP contribution in [0.3, 0.4) is 0 Å². The van der Waals surface area contributed by atoms with Gasteiger partial charge in [-0.2, -0.15) is 0 Å². The van der Waals surface area contributed by atoms with E-state index < -0.39 is 0 Å². The van der Waals surface area contributed by atoms with Gasteiger partial charge in [0.25, 0.3) is 0 Å². The molecule has 162 valence electrons. The van der Waals surface area contributed by atoms with Gasteiger partial charge >= 0.3 is 0 Å².